The van der Waals surface area contributed by atoms with E-state index in [1.165, 1.54) is 16.4 Å². The van der Waals surface area contributed by atoms with Crippen molar-refractivity contribution in [1.82, 2.24) is 14.6 Å². The van der Waals surface area contributed by atoms with E-state index in [0.29, 0.717) is 31.7 Å². The van der Waals surface area contributed by atoms with Gasteiger partial charge in [-0.2, -0.15) is 4.31 Å². The Morgan fingerprint density at radius 2 is 2.04 bits per heavy atom. The maximum Gasteiger partial charge on any atom is 0.243 e. The highest BCUT2D eigenvalue weighted by molar-refractivity contribution is 7.89. The summed E-state index contributed by atoms with van der Waals surface area (Å²) in [7, 11) is -3.66. The van der Waals surface area contributed by atoms with Gasteiger partial charge in [0.25, 0.3) is 0 Å². The van der Waals surface area contributed by atoms with Crippen molar-refractivity contribution in [1.29, 1.82) is 0 Å². The lowest BCUT2D eigenvalue weighted by Gasteiger charge is -2.35. The molecule has 3 rings (SSSR count). The maximum atomic E-state index is 13.2. The van der Waals surface area contributed by atoms with Crippen molar-refractivity contribution in [2.24, 2.45) is 0 Å². The Morgan fingerprint density at radius 1 is 1.30 bits per heavy atom. The number of piperazine rings is 1. The average Bonchev–Trinajstić information content (AvgIpc) is 2.69. The van der Waals surface area contributed by atoms with Crippen molar-refractivity contribution in [3.8, 4) is 0 Å². The number of nitrogens with one attached hydrogen (secondary N) is 2. The summed E-state index contributed by atoms with van der Waals surface area (Å²) < 4.78 is 27.8. The number of aromatic nitrogens is 1. The van der Waals surface area contributed by atoms with E-state index in [0.717, 1.165) is 5.56 Å². The smallest absolute Gasteiger partial charge is 0.243 e. The summed E-state index contributed by atoms with van der Waals surface area (Å²) in [6.07, 6.45) is 3.74. The van der Waals surface area contributed by atoms with E-state index in [2.05, 4.69) is 15.6 Å². The Morgan fingerprint density at radius 3 is 2.67 bits per heavy atom. The SMILES string of the molecule is CCC(=O)Nc1ccc(S(=O)(=O)N2CCNCC2c2cccnc2)cc1.Cl. The first kappa shape index (κ1) is 21.3. The fraction of sp³-hybridized carbons (Fsp3) is 0.333. The van der Waals surface area contributed by atoms with Gasteiger partial charge in [-0.1, -0.05) is 13.0 Å². The van der Waals surface area contributed by atoms with E-state index in [4.69, 9.17) is 0 Å². The fourth-order valence-electron chi connectivity index (χ4n) is 2.93. The molecule has 2 N–H and O–H groups in total. The summed E-state index contributed by atoms with van der Waals surface area (Å²) in [6.45, 7) is 3.28. The molecule has 2 heterocycles. The lowest BCUT2D eigenvalue weighted by atomic mass is 10.1. The van der Waals surface area contributed by atoms with Crippen LogP contribution in [0.3, 0.4) is 0 Å². The highest BCUT2D eigenvalue weighted by Crippen LogP contribution is 2.29. The second-order valence-electron chi connectivity index (χ2n) is 6.05. The quantitative estimate of drug-likeness (QED) is 0.788. The van der Waals surface area contributed by atoms with Crippen LogP contribution in [0.1, 0.15) is 24.9 Å². The minimum absolute atomic E-state index is 0. The zero-order valence-electron chi connectivity index (χ0n) is 15.0. The zero-order valence-corrected chi connectivity index (χ0v) is 16.6. The van der Waals surface area contributed by atoms with E-state index in [1.54, 1.807) is 37.5 Å². The number of pyridine rings is 1. The second kappa shape index (κ2) is 9.27. The molecule has 0 bridgehead atoms. The molecule has 9 heteroatoms. The van der Waals surface area contributed by atoms with Gasteiger partial charge in [0.1, 0.15) is 0 Å². The number of rotatable bonds is 5. The first-order valence-electron chi connectivity index (χ1n) is 8.55. The molecule has 0 spiro atoms. The monoisotopic (exact) mass is 410 g/mol. The lowest BCUT2D eigenvalue weighted by molar-refractivity contribution is -0.115. The van der Waals surface area contributed by atoms with Crippen LogP contribution in [0.5, 0.6) is 0 Å². The molecule has 1 unspecified atom stereocenters. The van der Waals surface area contributed by atoms with Crippen LogP contribution in [0, 0.1) is 0 Å². The Kier molecular flexibility index (Phi) is 7.32. The summed E-state index contributed by atoms with van der Waals surface area (Å²) in [4.78, 5) is 15.8. The van der Waals surface area contributed by atoms with Crippen molar-refractivity contribution >= 4 is 34.0 Å². The third kappa shape index (κ3) is 4.84. The third-order valence-electron chi connectivity index (χ3n) is 4.33. The predicted octanol–water partition coefficient (Wildman–Crippen LogP) is 2.19. The van der Waals surface area contributed by atoms with Gasteiger partial charge in [-0.25, -0.2) is 8.42 Å². The van der Waals surface area contributed by atoms with Crippen molar-refractivity contribution in [3.05, 3.63) is 54.4 Å². The molecule has 1 amide bonds. The van der Waals surface area contributed by atoms with Crippen LogP contribution < -0.4 is 10.6 Å². The van der Waals surface area contributed by atoms with E-state index in [1.807, 2.05) is 6.07 Å². The van der Waals surface area contributed by atoms with E-state index >= 15 is 0 Å². The minimum Gasteiger partial charge on any atom is -0.326 e. The van der Waals surface area contributed by atoms with Crippen molar-refractivity contribution in [3.63, 3.8) is 0 Å². The fourth-order valence-corrected chi connectivity index (χ4v) is 4.54. The van der Waals surface area contributed by atoms with Crippen molar-refractivity contribution in [2.45, 2.75) is 24.3 Å². The number of hydrogen-bond acceptors (Lipinski definition) is 5. The first-order chi connectivity index (χ1) is 12.5. The Labute approximate surface area is 165 Å². The number of anilines is 1. The number of amides is 1. The Balaban J connectivity index is 0.00000261. The number of carbonyl (C=O) groups is 1. The largest absolute Gasteiger partial charge is 0.326 e. The van der Waals surface area contributed by atoms with E-state index in [-0.39, 0.29) is 29.3 Å². The first-order valence-corrected chi connectivity index (χ1v) is 9.99. The molecule has 1 atom stereocenters. The normalized spacial score (nSPS) is 17.7. The molecule has 2 aromatic rings. The Hall–Kier alpha value is -2.00. The van der Waals surface area contributed by atoms with Gasteiger partial charge in [-0.05, 0) is 35.9 Å². The second-order valence-corrected chi connectivity index (χ2v) is 7.94. The molecule has 7 nitrogen and oxygen atoms in total. The summed E-state index contributed by atoms with van der Waals surface area (Å²) in [5.41, 5.74) is 1.44. The predicted molar refractivity (Wildman–Crippen MR) is 106 cm³/mol. The zero-order chi connectivity index (χ0) is 18.6. The van der Waals surface area contributed by atoms with Crippen LogP contribution in [0.2, 0.25) is 0 Å². The van der Waals surface area contributed by atoms with Crippen LogP contribution in [0.25, 0.3) is 0 Å². The molecule has 0 radical (unpaired) electrons. The molecule has 146 valence electrons. The third-order valence-corrected chi connectivity index (χ3v) is 6.25. The van der Waals surface area contributed by atoms with Crippen LogP contribution in [-0.4, -0.2) is 43.2 Å². The summed E-state index contributed by atoms with van der Waals surface area (Å²) in [6, 6.07) is 9.67. The minimum atomic E-state index is -3.66. The number of nitrogens with zero attached hydrogens (tertiary/aromatic N) is 2. The van der Waals surface area contributed by atoms with Gasteiger partial charge in [0.15, 0.2) is 0 Å². The van der Waals surface area contributed by atoms with Gasteiger partial charge in [0.2, 0.25) is 15.9 Å². The standard InChI is InChI=1S/C18H22N4O3S.ClH/c1-2-18(23)21-15-5-7-16(8-6-15)26(24,25)22-11-10-20-13-17(22)14-4-3-9-19-12-14;/h3-9,12,17,20H,2,10-11,13H2,1H3,(H,21,23);1H. The van der Waals surface area contributed by atoms with Crippen LogP contribution in [-0.2, 0) is 14.8 Å². The summed E-state index contributed by atoms with van der Waals surface area (Å²) in [5, 5.41) is 5.96. The van der Waals surface area contributed by atoms with E-state index in [9.17, 15) is 13.2 Å². The van der Waals surface area contributed by atoms with Crippen LogP contribution >= 0.6 is 12.4 Å². The number of halogens is 1. The molecule has 0 saturated carbocycles. The number of benzene rings is 1. The molecule has 1 aliphatic rings. The Bertz CT molecular complexity index is 860. The van der Waals surface area contributed by atoms with Gasteiger partial charge in [-0.3, -0.25) is 9.78 Å². The highest BCUT2D eigenvalue weighted by Gasteiger charge is 2.34. The van der Waals surface area contributed by atoms with E-state index < -0.39 is 10.0 Å². The van der Waals surface area contributed by atoms with Crippen LogP contribution in [0.15, 0.2) is 53.7 Å². The van der Waals surface area contributed by atoms with Gasteiger partial charge < -0.3 is 10.6 Å². The molecule has 1 aromatic heterocycles. The van der Waals surface area contributed by atoms with Crippen molar-refractivity contribution < 1.29 is 13.2 Å². The lowest BCUT2D eigenvalue weighted by Crippen LogP contribution is -2.48. The average molecular weight is 411 g/mol. The topological polar surface area (TPSA) is 91.4 Å². The molecular formula is C18H23ClN4O3S. The maximum absolute atomic E-state index is 13.2. The van der Waals surface area contributed by atoms with Crippen molar-refractivity contribution in [2.75, 3.05) is 25.0 Å². The molecule has 0 aliphatic carbocycles. The molecule has 1 aliphatic heterocycles. The van der Waals surface area contributed by atoms with Gasteiger partial charge in [-0.15, -0.1) is 12.4 Å². The molecule has 1 fully saturated rings. The number of hydrogen-bond donors (Lipinski definition) is 2. The molecular weight excluding hydrogens is 388 g/mol. The summed E-state index contributed by atoms with van der Waals surface area (Å²) in [5.74, 6) is -0.112. The van der Waals surface area contributed by atoms with Gasteiger partial charge in [0, 0.05) is 44.1 Å². The molecule has 1 aromatic carbocycles. The van der Waals surface area contributed by atoms with Gasteiger partial charge >= 0.3 is 0 Å². The molecule has 27 heavy (non-hydrogen) atoms. The van der Waals surface area contributed by atoms with Crippen LogP contribution in [0.4, 0.5) is 5.69 Å². The number of carbonyl (C=O) groups excluding carboxylic acids is 1. The molecule has 1 saturated heterocycles. The highest BCUT2D eigenvalue weighted by atomic mass is 35.5. The van der Waals surface area contributed by atoms with Gasteiger partial charge in [0.05, 0.1) is 10.9 Å². The summed E-state index contributed by atoms with van der Waals surface area (Å²) >= 11 is 0. The number of sulfonamides is 1.